The maximum atomic E-state index is 12.9. The van der Waals surface area contributed by atoms with Crippen LogP contribution in [0.15, 0.2) is 4.42 Å². The molecule has 0 atom stereocenters. The summed E-state index contributed by atoms with van der Waals surface area (Å²) in [5, 5.41) is 0. The molecule has 0 saturated carbocycles. The van der Waals surface area contributed by atoms with Gasteiger partial charge in [0.1, 0.15) is 17.6 Å². The lowest BCUT2D eigenvalue weighted by Crippen LogP contribution is -2.34. The molecule has 0 amide bonds. The summed E-state index contributed by atoms with van der Waals surface area (Å²) in [6, 6.07) is 0.180. The topological polar surface area (TPSA) is 29.3 Å². The van der Waals surface area contributed by atoms with Gasteiger partial charge in [0.25, 0.3) is 12.4 Å². The van der Waals surface area contributed by atoms with Crippen LogP contribution in [0.2, 0.25) is 0 Å². The van der Waals surface area contributed by atoms with E-state index in [4.69, 9.17) is 4.42 Å². The van der Waals surface area contributed by atoms with Crippen molar-refractivity contribution in [1.82, 2.24) is 4.98 Å². The van der Waals surface area contributed by atoms with Gasteiger partial charge in [-0.2, -0.15) is 4.98 Å². The zero-order chi connectivity index (χ0) is 11.7. The number of oxazole rings is 1. The van der Waals surface area contributed by atoms with Crippen LogP contribution in [0.5, 0.6) is 0 Å². The molecule has 1 aromatic heterocycles. The molecule has 1 fully saturated rings. The minimum atomic E-state index is -2.63. The molecule has 1 aliphatic rings. The van der Waals surface area contributed by atoms with E-state index in [1.165, 1.54) is 6.92 Å². The van der Waals surface area contributed by atoms with Gasteiger partial charge in [-0.1, -0.05) is 0 Å². The Morgan fingerprint density at radius 1 is 1.38 bits per heavy atom. The van der Waals surface area contributed by atoms with Gasteiger partial charge in [-0.05, 0) is 19.8 Å². The van der Waals surface area contributed by atoms with E-state index in [1.807, 2.05) is 0 Å². The van der Waals surface area contributed by atoms with Crippen LogP contribution >= 0.6 is 0 Å². The zero-order valence-electron chi connectivity index (χ0n) is 8.92. The summed E-state index contributed by atoms with van der Waals surface area (Å²) < 4.78 is 43.0. The number of aromatic nitrogens is 1. The van der Waals surface area contributed by atoms with Crippen molar-refractivity contribution in [1.29, 1.82) is 0 Å². The smallest absolute Gasteiger partial charge is 0.297 e. The molecule has 0 aromatic carbocycles. The Balaban J connectivity index is 2.12. The minimum Gasteiger partial charge on any atom is -0.428 e. The van der Waals surface area contributed by atoms with E-state index in [0.717, 1.165) is 0 Å². The van der Waals surface area contributed by atoms with Crippen LogP contribution in [0, 0.1) is 6.92 Å². The van der Waals surface area contributed by atoms with Crippen LogP contribution in [0.4, 0.5) is 19.2 Å². The van der Waals surface area contributed by atoms with Crippen LogP contribution in [0.3, 0.4) is 0 Å². The van der Waals surface area contributed by atoms with Gasteiger partial charge in [0.05, 0.1) is 0 Å². The number of nitrogens with zero attached hydrogens (tertiary/aromatic N) is 2. The number of piperidine rings is 1. The average Bonchev–Trinajstić information content (AvgIpc) is 2.61. The summed E-state index contributed by atoms with van der Waals surface area (Å²) in [4.78, 5) is 5.45. The van der Waals surface area contributed by atoms with Crippen molar-refractivity contribution >= 4 is 6.01 Å². The van der Waals surface area contributed by atoms with Crippen molar-refractivity contribution in [3.05, 3.63) is 11.5 Å². The minimum absolute atomic E-state index is 0.132. The highest BCUT2D eigenvalue weighted by Gasteiger charge is 2.25. The second-order valence-electron chi connectivity index (χ2n) is 3.90. The lowest BCUT2D eigenvalue weighted by molar-refractivity contribution is 0.145. The Kier molecular flexibility index (Phi) is 3.07. The average molecular weight is 234 g/mol. The summed E-state index contributed by atoms with van der Waals surface area (Å²) in [6.07, 6.45) is -2.64. The van der Waals surface area contributed by atoms with Crippen LogP contribution in [0.25, 0.3) is 0 Å². The van der Waals surface area contributed by atoms with Gasteiger partial charge >= 0.3 is 0 Å². The lowest BCUT2D eigenvalue weighted by atomic mass is 10.1. The summed E-state index contributed by atoms with van der Waals surface area (Å²) in [6.45, 7) is 2.38. The first-order chi connectivity index (χ1) is 7.58. The molecule has 0 aliphatic carbocycles. The number of aryl methyl sites for hydroxylation is 1. The number of rotatable bonds is 2. The molecular formula is C10H13F3N2O. The van der Waals surface area contributed by atoms with Crippen molar-refractivity contribution < 1.29 is 17.6 Å². The Labute approximate surface area is 91.3 Å². The first kappa shape index (κ1) is 11.3. The largest absolute Gasteiger partial charge is 0.428 e. The molecule has 6 heteroatoms. The van der Waals surface area contributed by atoms with Gasteiger partial charge in [-0.25, -0.2) is 13.2 Å². The molecule has 1 aliphatic heterocycles. The number of anilines is 1. The van der Waals surface area contributed by atoms with Gasteiger partial charge < -0.3 is 9.32 Å². The number of alkyl halides is 3. The SMILES string of the molecule is Cc1oc(N2CCC(F)CC2)nc1C(F)F. The van der Waals surface area contributed by atoms with Crippen LogP contribution in [0.1, 0.15) is 30.7 Å². The lowest BCUT2D eigenvalue weighted by Gasteiger charge is -2.26. The molecular weight excluding hydrogens is 221 g/mol. The maximum absolute atomic E-state index is 12.9. The van der Waals surface area contributed by atoms with Crippen molar-refractivity contribution in [2.45, 2.75) is 32.4 Å². The molecule has 90 valence electrons. The van der Waals surface area contributed by atoms with Crippen molar-refractivity contribution in [2.75, 3.05) is 18.0 Å². The highest BCUT2D eigenvalue weighted by molar-refractivity contribution is 5.30. The molecule has 0 radical (unpaired) electrons. The summed E-state index contributed by atoms with van der Waals surface area (Å²) in [7, 11) is 0. The zero-order valence-corrected chi connectivity index (χ0v) is 8.92. The van der Waals surface area contributed by atoms with E-state index >= 15 is 0 Å². The van der Waals surface area contributed by atoms with E-state index < -0.39 is 12.6 Å². The first-order valence-electron chi connectivity index (χ1n) is 5.22. The standard InChI is InChI=1S/C10H13F3N2O/c1-6-8(9(12)13)14-10(16-6)15-4-2-7(11)3-5-15/h7,9H,2-5H2,1H3. The summed E-state index contributed by atoms with van der Waals surface area (Å²) in [5.41, 5.74) is -0.322. The van der Waals surface area contributed by atoms with E-state index in [0.29, 0.717) is 25.9 Å². The Morgan fingerprint density at radius 2 is 2.00 bits per heavy atom. The number of halogens is 3. The molecule has 16 heavy (non-hydrogen) atoms. The number of hydrogen-bond donors (Lipinski definition) is 0. The molecule has 3 nitrogen and oxygen atoms in total. The van der Waals surface area contributed by atoms with Crippen LogP contribution < -0.4 is 4.90 Å². The van der Waals surface area contributed by atoms with Crippen molar-refractivity contribution in [2.24, 2.45) is 0 Å². The van der Waals surface area contributed by atoms with Crippen molar-refractivity contribution in [3.8, 4) is 0 Å². The normalized spacial score (nSPS) is 18.4. The fourth-order valence-electron chi connectivity index (χ4n) is 1.77. The molecule has 2 heterocycles. The highest BCUT2D eigenvalue weighted by Crippen LogP contribution is 2.28. The fraction of sp³-hybridized carbons (Fsp3) is 0.700. The van der Waals surface area contributed by atoms with Gasteiger partial charge in [0, 0.05) is 13.1 Å². The third-order valence-electron chi connectivity index (χ3n) is 2.72. The quantitative estimate of drug-likeness (QED) is 0.788. The van der Waals surface area contributed by atoms with Crippen molar-refractivity contribution in [3.63, 3.8) is 0 Å². The third-order valence-corrected chi connectivity index (χ3v) is 2.72. The van der Waals surface area contributed by atoms with Gasteiger partial charge in [-0.3, -0.25) is 0 Å². The summed E-state index contributed by atoms with van der Waals surface area (Å²) >= 11 is 0. The van der Waals surface area contributed by atoms with Gasteiger partial charge in [0.2, 0.25) is 0 Å². The van der Waals surface area contributed by atoms with E-state index in [9.17, 15) is 13.2 Å². The maximum Gasteiger partial charge on any atom is 0.297 e. The van der Waals surface area contributed by atoms with E-state index in [2.05, 4.69) is 4.98 Å². The third kappa shape index (κ3) is 2.15. The molecule has 0 bridgehead atoms. The van der Waals surface area contributed by atoms with Crippen LogP contribution in [-0.2, 0) is 0 Å². The summed E-state index contributed by atoms with van der Waals surface area (Å²) in [5.74, 6) is 0.132. The predicted molar refractivity (Wildman–Crippen MR) is 52.5 cm³/mol. The molecule has 1 aromatic rings. The second-order valence-corrected chi connectivity index (χ2v) is 3.90. The highest BCUT2D eigenvalue weighted by atomic mass is 19.3. The van der Waals surface area contributed by atoms with Crippen LogP contribution in [-0.4, -0.2) is 24.2 Å². The monoisotopic (exact) mass is 234 g/mol. The Morgan fingerprint density at radius 3 is 2.50 bits per heavy atom. The molecule has 0 N–H and O–H groups in total. The molecule has 0 unspecified atom stereocenters. The van der Waals surface area contributed by atoms with E-state index in [1.54, 1.807) is 4.90 Å². The second kappa shape index (κ2) is 4.35. The Hall–Kier alpha value is -1.20. The van der Waals surface area contributed by atoms with Gasteiger partial charge in [0.15, 0.2) is 0 Å². The molecule has 1 saturated heterocycles. The predicted octanol–water partition coefficient (Wildman–Crippen LogP) is 2.86. The van der Waals surface area contributed by atoms with Gasteiger partial charge in [-0.15, -0.1) is 0 Å². The molecule has 2 rings (SSSR count). The van der Waals surface area contributed by atoms with E-state index in [-0.39, 0.29) is 17.5 Å². The fourth-order valence-corrected chi connectivity index (χ4v) is 1.77. The molecule has 0 spiro atoms. The number of hydrogen-bond acceptors (Lipinski definition) is 3. The first-order valence-corrected chi connectivity index (χ1v) is 5.22. The Bertz CT molecular complexity index is 359.